The molecule has 5 rings (SSSR count). The van der Waals surface area contributed by atoms with E-state index in [4.69, 9.17) is 0 Å². The first-order valence-corrected chi connectivity index (χ1v) is 10.4. The van der Waals surface area contributed by atoms with Crippen molar-refractivity contribution in [2.24, 2.45) is 0 Å². The Hall–Kier alpha value is -4.34. The number of hydrogen-bond acceptors (Lipinski definition) is 3. The number of hydrogen-bond donors (Lipinski definition) is 1. The van der Waals surface area contributed by atoms with Crippen LogP contribution in [0.15, 0.2) is 83.9 Å². The highest BCUT2D eigenvalue weighted by Crippen LogP contribution is 2.26. The van der Waals surface area contributed by atoms with E-state index >= 15 is 0 Å². The van der Waals surface area contributed by atoms with Crippen LogP contribution in [0.25, 0.3) is 33.4 Å². The van der Waals surface area contributed by atoms with Gasteiger partial charge >= 0.3 is 11.9 Å². The SMILES string of the molecule is O=C(Cn1c(=O)n(-c2ccc(-c3cnn4ccccc34)cc2)c2ccccc21)NCC(F)(F)F. The zero-order valence-electron chi connectivity index (χ0n) is 17.7. The molecule has 2 aromatic carbocycles. The average molecular weight is 465 g/mol. The van der Waals surface area contributed by atoms with Crippen LogP contribution in [0.2, 0.25) is 0 Å². The predicted octanol–water partition coefficient (Wildman–Crippen LogP) is 3.79. The maximum atomic E-state index is 13.2. The molecule has 0 aliphatic carbocycles. The lowest BCUT2D eigenvalue weighted by Crippen LogP contribution is -2.37. The monoisotopic (exact) mass is 465 g/mol. The standard InChI is InChI=1S/C24H18F3N5O2/c25-24(26,27)15-28-22(33)14-30-20-6-1-2-7-21(20)32(23(30)34)17-10-8-16(9-11-17)18-13-29-31-12-4-3-5-19(18)31/h1-13H,14-15H2,(H,28,33). The number of para-hydroxylation sites is 2. The summed E-state index contributed by atoms with van der Waals surface area (Å²) >= 11 is 0. The maximum Gasteiger partial charge on any atom is 0.405 e. The van der Waals surface area contributed by atoms with E-state index < -0.39 is 30.9 Å². The van der Waals surface area contributed by atoms with Gasteiger partial charge in [-0.15, -0.1) is 0 Å². The summed E-state index contributed by atoms with van der Waals surface area (Å²) in [6.07, 6.45) is -0.911. The van der Waals surface area contributed by atoms with Crippen LogP contribution in [0.4, 0.5) is 13.2 Å². The van der Waals surface area contributed by atoms with Crippen LogP contribution in [0.5, 0.6) is 0 Å². The van der Waals surface area contributed by atoms with Gasteiger partial charge in [0, 0.05) is 11.8 Å². The third-order valence-corrected chi connectivity index (χ3v) is 5.49. The summed E-state index contributed by atoms with van der Waals surface area (Å²) in [4.78, 5) is 25.3. The van der Waals surface area contributed by atoms with E-state index in [2.05, 4.69) is 5.10 Å². The molecule has 0 radical (unpaired) electrons. The number of fused-ring (bicyclic) bond motifs is 2. The molecular formula is C24H18F3N5O2. The average Bonchev–Trinajstić information content (AvgIpc) is 3.37. The van der Waals surface area contributed by atoms with Crippen molar-refractivity contribution >= 4 is 22.5 Å². The molecule has 3 aromatic heterocycles. The maximum absolute atomic E-state index is 13.2. The molecule has 0 saturated carbocycles. The van der Waals surface area contributed by atoms with Crippen LogP contribution in [0, 0.1) is 0 Å². The van der Waals surface area contributed by atoms with Gasteiger partial charge in [0.05, 0.1) is 28.4 Å². The third-order valence-electron chi connectivity index (χ3n) is 5.49. The number of nitrogens with one attached hydrogen (secondary N) is 1. The van der Waals surface area contributed by atoms with E-state index in [0.29, 0.717) is 16.7 Å². The van der Waals surface area contributed by atoms with Crippen molar-refractivity contribution in [1.82, 2.24) is 24.1 Å². The minimum atomic E-state index is -4.53. The van der Waals surface area contributed by atoms with Crippen LogP contribution in [-0.4, -0.2) is 37.4 Å². The number of carbonyl (C=O) groups is 1. The van der Waals surface area contributed by atoms with Crippen molar-refractivity contribution in [3.63, 3.8) is 0 Å². The molecule has 3 heterocycles. The zero-order chi connectivity index (χ0) is 23.9. The Kier molecular flexibility index (Phi) is 5.20. The largest absolute Gasteiger partial charge is 0.405 e. The Balaban J connectivity index is 1.51. The van der Waals surface area contributed by atoms with Crippen molar-refractivity contribution in [3.05, 3.63) is 89.6 Å². The molecule has 1 N–H and O–H groups in total. The number of halogens is 3. The summed E-state index contributed by atoms with van der Waals surface area (Å²) < 4.78 is 41.7. The molecule has 0 saturated heterocycles. The van der Waals surface area contributed by atoms with Gasteiger partial charge in [-0.2, -0.15) is 18.3 Å². The van der Waals surface area contributed by atoms with Gasteiger partial charge in [-0.25, -0.2) is 9.31 Å². The first-order chi connectivity index (χ1) is 16.3. The van der Waals surface area contributed by atoms with E-state index in [1.807, 2.05) is 41.8 Å². The number of aromatic nitrogens is 4. The fourth-order valence-corrected chi connectivity index (χ4v) is 3.96. The van der Waals surface area contributed by atoms with Crippen molar-refractivity contribution < 1.29 is 18.0 Å². The molecular weight excluding hydrogens is 447 g/mol. The number of alkyl halides is 3. The molecule has 34 heavy (non-hydrogen) atoms. The molecule has 0 aliphatic rings. The Morgan fingerprint density at radius 2 is 1.59 bits per heavy atom. The van der Waals surface area contributed by atoms with Crippen molar-refractivity contribution in [3.8, 4) is 16.8 Å². The third kappa shape index (κ3) is 3.94. The lowest BCUT2D eigenvalue weighted by Gasteiger charge is -2.08. The Morgan fingerprint density at radius 3 is 2.32 bits per heavy atom. The number of pyridine rings is 1. The van der Waals surface area contributed by atoms with E-state index in [0.717, 1.165) is 16.6 Å². The summed E-state index contributed by atoms with van der Waals surface area (Å²) in [5, 5.41) is 6.15. The first-order valence-electron chi connectivity index (χ1n) is 10.4. The van der Waals surface area contributed by atoms with Gasteiger partial charge in [0.1, 0.15) is 13.1 Å². The quantitative estimate of drug-likeness (QED) is 0.429. The van der Waals surface area contributed by atoms with Crippen LogP contribution in [0.1, 0.15) is 0 Å². The topological polar surface area (TPSA) is 73.3 Å². The highest BCUT2D eigenvalue weighted by molar-refractivity contribution is 5.83. The van der Waals surface area contributed by atoms with Crippen LogP contribution in [-0.2, 0) is 11.3 Å². The number of imidazole rings is 1. The number of rotatable bonds is 5. The molecule has 10 heteroatoms. The first kappa shape index (κ1) is 21.5. The van der Waals surface area contributed by atoms with E-state index in [9.17, 15) is 22.8 Å². The second kappa shape index (κ2) is 8.22. The second-order valence-corrected chi connectivity index (χ2v) is 7.72. The second-order valence-electron chi connectivity index (χ2n) is 7.72. The minimum Gasteiger partial charge on any atom is -0.345 e. The molecule has 0 spiro atoms. The number of carbonyl (C=O) groups excluding carboxylic acids is 1. The summed E-state index contributed by atoms with van der Waals surface area (Å²) in [7, 11) is 0. The van der Waals surface area contributed by atoms with E-state index in [1.54, 1.807) is 47.1 Å². The highest BCUT2D eigenvalue weighted by Gasteiger charge is 2.28. The predicted molar refractivity (Wildman–Crippen MR) is 121 cm³/mol. The number of benzene rings is 2. The van der Waals surface area contributed by atoms with Crippen molar-refractivity contribution in [2.75, 3.05) is 6.54 Å². The Bertz CT molecular complexity index is 1560. The summed E-state index contributed by atoms with van der Waals surface area (Å²) in [6.45, 7) is -1.98. The minimum absolute atomic E-state index is 0.446. The molecule has 172 valence electrons. The van der Waals surface area contributed by atoms with E-state index in [-0.39, 0.29) is 0 Å². The van der Waals surface area contributed by atoms with Gasteiger partial charge in [-0.1, -0.05) is 30.3 Å². The molecule has 0 fully saturated rings. The molecule has 5 aromatic rings. The van der Waals surface area contributed by atoms with Crippen molar-refractivity contribution in [2.45, 2.75) is 12.7 Å². The Morgan fingerprint density at radius 1 is 0.912 bits per heavy atom. The Labute approximate surface area is 190 Å². The van der Waals surface area contributed by atoms with E-state index in [1.165, 1.54) is 9.13 Å². The molecule has 0 bridgehead atoms. The molecule has 0 unspecified atom stereocenters. The summed E-state index contributed by atoms with van der Waals surface area (Å²) in [6, 6.07) is 19.9. The zero-order valence-corrected chi connectivity index (χ0v) is 17.7. The number of nitrogens with zero attached hydrogens (tertiary/aromatic N) is 4. The van der Waals surface area contributed by atoms with Gasteiger partial charge in [0.15, 0.2) is 0 Å². The molecule has 1 amide bonds. The number of amides is 1. The lowest BCUT2D eigenvalue weighted by molar-refractivity contribution is -0.138. The molecule has 0 aliphatic heterocycles. The lowest BCUT2D eigenvalue weighted by atomic mass is 10.1. The molecule has 0 atom stereocenters. The van der Waals surface area contributed by atoms with Crippen LogP contribution >= 0.6 is 0 Å². The fourth-order valence-electron chi connectivity index (χ4n) is 3.96. The van der Waals surface area contributed by atoms with Gasteiger partial charge in [0.2, 0.25) is 5.91 Å². The van der Waals surface area contributed by atoms with Crippen molar-refractivity contribution in [1.29, 1.82) is 0 Å². The fraction of sp³-hybridized carbons (Fsp3) is 0.125. The summed E-state index contributed by atoms with van der Waals surface area (Å²) in [5.41, 5.74) is 3.81. The van der Waals surface area contributed by atoms with Crippen LogP contribution in [0.3, 0.4) is 0 Å². The van der Waals surface area contributed by atoms with Crippen LogP contribution < -0.4 is 11.0 Å². The highest BCUT2D eigenvalue weighted by atomic mass is 19.4. The van der Waals surface area contributed by atoms with Gasteiger partial charge in [0.25, 0.3) is 0 Å². The smallest absolute Gasteiger partial charge is 0.345 e. The van der Waals surface area contributed by atoms with Gasteiger partial charge < -0.3 is 5.32 Å². The van der Waals surface area contributed by atoms with Gasteiger partial charge in [-0.3, -0.25) is 13.9 Å². The normalized spacial score (nSPS) is 11.9. The summed E-state index contributed by atoms with van der Waals surface area (Å²) in [5.74, 6) is -0.897. The molecule has 7 nitrogen and oxygen atoms in total. The van der Waals surface area contributed by atoms with Gasteiger partial charge in [-0.05, 0) is 42.0 Å².